The van der Waals surface area contributed by atoms with Crippen molar-refractivity contribution in [2.45, 2.75) is 52.0 Å². The number of hydrogen-bond donors (Lipinski definition) is 2. The highest BCUT2D eigenvalue weighted by Crippen LogP contribution is 2.29. The van der Waals surface area contributed by atoms with E-state index in [2.05, 4.69) is 33.4 Å². The molecule has 2 heterocycles. The van der Waals surface area contributed by atoms with Gasteiger partial charge in [0.25, 0.3) is 0 Å². The maximum absolute atomic E-state index is 12.8. The zero-order valence-electron chi connectivity index (χ0n) is 16.3. The SMILES string of the molecule is Cc1c(NC(=O)N(C)Cc2n[nH]c3c2CCCC3)cccc1N1CCCC1. The molecule has 1 aliphatic heterocycles. The first kappa shape index (κ1) is 17.9. The van der Waals surface area contributed by atoms with Crippen LogP contribution in [-0.2, 0) is 19.4 Å². The number of amides is 2. The molecule has 1 aliphatic carbocycles. The summed E-state index contributed by atoms with van der Waals surface area (Å²) in [6, 6.07) is 6.07. The van der Waals surface area contributed by atoms with Gasteiger partial charge in [0, 0.05) is 37.2 Å². The second kappa shape index (κ2) is 7.62. The van der Waals surface area contributed by atoms with E-state index in [0.29, 0.717) is 6.54 Å². The number of anilines is 2. The summed E-state index contributed by atoms with van der Waals surface area (Å²) in [7, 11) is 1.83. The monoisotopic (exact) mass is 367 g/mol. The molecule has 2 aliphatic rings. The number of urea groups is 1. The van der Waals surface area contributed by atoms with Crippen LogP contribution in [0.2, 0.25) is 0 Å². The average Bonchev–Trinajstić information content (AvgIpc) is 3.34. The van der Waals surface area contributed by atoms with E-state index < -0.39 is 0 Å². The molecule has 1 saturated heterocycles. The number of carbonyl (C=O) groups is 1. The Kier molecular flexibility index (Phi) is 5.05. The van der Waals surface area contributed by atoms with Gasteiger partial charge in [-0.2, -0.15) is 5.10 Å². The minimum Gasteiger partial charge on any atom is -0.371 e. The molecule has 0 bridgehead atoms. The van der Waals surface area contributed by atoms with E-state index in [9.17, 15) is 4.79 Å². The van der Waals surface area contributed by atoms with Gasteiger partial charge in [-0.15, -0.1) is 0 Å². The van der Waals surface area contributed by atoms with Crippen molar-refractivity contribution < 1.29 is 4.79 Å². The molecule has 1 aromatic carbocycles. The van der Waals surface area contributed by atoms with Crippen molar-refractivity contribution in [3.05, 3.63) is 40.7 Å². The number of benzene rings is 1. The van der Waals surface area contributed by atoms with E-state index in [1.54, 1.807) is 4.90 Å². The molecule has 144 valence electrons. The van der Waals surface area contributed by atoms with Crippen LogP contribution in [0.5, 0.6) is 0 Å². The molecule has 1 fully saturated rings. The van der Waals surface area contributed by atoms with E-state index >= 15 is 0 Å². The van der Waals surface area contributed by atoms with Crippen molar-refractivity contribution in [3.8, 4) is 0 Å². The molecule has 2 amide bonds. The third-order valence-electron chi connectivity index (χ3n) is 5.87. The average molecular weight is 367 g/mol. The van der Waals surface area contributed by atoms with Crippen molar-refractivity contribution in [1.82, 2.24) is 15.1 Å². The molecule has 6 nitrogen and oxygen atoms in total. The highest BCUT2D eigenvalue weighted by molar-refractivity contribution is 5.91. The third kappa shape index (κ3) is 3.66. The lowest BCUT2D eigenvalue weighted by atomic mass is 9.96. The Morgan fingerprint density at radius 3 is 2.81 bits per heavy atom. The van der Waals surface area contributed by atoms with Gasteiger partial charge in [-0.1, -0.05) is 6.07 Å². The quantitative estimate of drug-likeness (QED) is 0.862. The van der Waals surface area contributed by atoms with Crippen LogP contribution in [0.4, 0.5) is 16.2 Å². The summed E-state index contributed by atoms with van der Waals surface area (Å²) < 4.78 is 0. The van der Waals surface area contributed by atoms with Gasteiger partial charge >= 0.3 is 6.03 Å². The molecule has 2 aromatic rings. The second-order valence-corrected chi connectivity index (χ2v) is 7.76. The first-order chi connectivity index (χ1) is 13.1. The second-order valence-electron chi connectivity index (χ2n) is 7.76. The minimum atomic E-state index is -0.0933. The van der Waals surface area contributed by atoms with Crippen LogP contribution in [0.25, 0.3) is 0 Å². The molecular formula is C21H29N5O. The van der Waals surface area contributed by atoms with Crippen LogP contribution in [0.3, 0.4) is 0 Å². The fraction of sp³-hybridized carbons (Fsp3) is 0.524. The molecule has 6 heteroatoms. The van der Waals surface area contributed by atoms with Gasteiger partial charge in [-0.25, -0.2) is 4.79 Å². The van der Waals surface area contributed by atoms with E-state index in [0.717, 1.165) is 42.9 Å². The lowest BCUT2D eigenvalue weighted by Gasteiger charge is -2.23. The predicted octanol–water partition coefficient (Wildman–Crippen LogP) is 3.86. The number of rotatable bonds is 4. The van der Waals surface area contributed by atoms with Gasteiger partial charge in [-0.3, -0.25) is 5.10 Å². The molecule has 2 N–H and O–H groups in total. The number of nitrogens with one attached hydrogen (secondary N) is 2. The number of fused-ring (bicyclic) bond motifs is 1. The molecule has 0 radical (unpaired) electrons. The number of aromatic nitrogens is 2. The summed E-state index contributed by atoms with van der Waals surface area (Å²) in [5, 5.41) is 10.7. The summed E-state index contributed by atoms with van der Waals surface area (Å²) >= 11 is 0. The van der Waals surface area contributed by atoms with Gasteiger partial charge in [0.05, 0.1) is 12.2 Å². The van der Waals surface area contributed by atoms with Crippen molar-refractivity contribution in [2.24, 2.45) is 0 Å². The standard InChI is InChI=1S/C21H29N5O/c1-15-17(10-7-11-20(15)26-12-5-6-13-26)22-21(27)25(2)14-19-16-8-3-4-9-18(16)23-24-19/h7,10-11H,3-6,8-9,12-14H2,1-2H3,(H,22,27)(H,23,24). The van der Waals surface area contributed by atoms with Crippen LogP contribution in [0.1, 0.15) is 48.2 Å². The predicted molar refractivity (Wildman–Crippen MR) is 108 cm³/mol. The van der Waals surface area contributed by atoms with Crippen LogP contribution < -0.4 is 10.2 Å². The topological polar surface area (TPSA) is 64.3 Å². The lowest BCUT2D eigenvalue weighted by Crippen LogP contribution is -2.31. The van der Waals surface area contributed by atoms with Gasteiger partial charge < -0.3 is 15.1 Å². The van der Waals surface area contributed by atoms with Crippen molar-refractivity contribution in [3.63, 3.8) is 0 Å². The van der Waals surface area contributed by atoms with E-state index in [-0.39, 0.29) is 6.03 Å². The molecule has 0 saturated carbocycles. The Labute approximate surface area is 160 Å². The summed E-state index contributed by atoms with van der Waals surface area (Å²) in [5.41, 5.74) is 6.82. The Hall–Kier alpha value is -2.50. The van der Waals surface area contributed by atoms with Gasteiger partial charge in [-0.05, 0) is 68.7 Å². The number of hydrogen-bond acceptors (Lipinski definition) is 3. The Bertz CT molecular complexity index is 822. The van der Waals surface area contributed by atoms with E-state index in [1.165, 1.54) is 42.6 Å². The first-order valence-corrected chi connectivity index (χ1v) is 10.0. The zero-order chi connectivity index (χ0) is 18.8. The fourth-order valence-corrected chi connectivity index (χ4v) is 4.25. The number of nitrogens with zero attached hydrogens (tertiary/aromatic N) is 3. The summed E-state index contributed by atoms with van der Waals surface area (Å²) in [6.45, 7) is 4.82. The molecule has 0 unspecified atom stereocenters. The smallest absolute Gasteiger partial charge is 0.321 e. The Morgan fingerprint density at radius 1 is 1.22 bits per heavy atom. The molecule has 0 atom stereocenters. The normalized spacial score (nSPS) is 16.3. The molecule has 0 spiro atoms. The maximum Gasteiger partial charge on any atom is 0.321 e. The van der Waals surface area contributed by atoms with Gasteiger partial charge in [0.2, 0.25) is 0 Å². The summed E-state index contributed by atoms with van der Waals surface area (Å²) in [6.07, 6.45) is 7.05. The number of aryl methyl sites for hydroxylation is 1. The summed E-state index contributed by atoms with van der Waals surface area (Å²) in [5.74, 6) is 0. The molecule has 4 rings (SSSR count). The number of H-pyrrole nitrogens is 1. The van der Waals surface area contributed by atoms with E-state index in [1.807, 2.05) is 19.2 Å². The van der Waals surface area contributed by atoms with E-state index in [4.69, 9.17) is 0 Å². The van der Waals surface area contributed by atoms with Crippen molar-refractivity contribution in [1.29, 1.82) is 0 Å². The number of aromatic amines is 1. The maximum atomic E-state index is 12.8. The van der Waals surface area contributed by atoms with Crippen LogP contribution in [0, 0.1) is 6.92 Å². The van der Waals surface area contributed by atoms with Crippen molar-refractivity contribution in [2.75, 3.05) is 30.4 Å². The van der Waals surface area contributed by atoms with Gasteiger partial charge in [0.1, 0.15) is 0 Å². The van der Waals surface area contributed by atoms with Crippen LogP contribution >= 0.6 is 0 Å². The summed E-state index contributed by atoms with van der Waals surface area (Å²) in [4.78, 5) is 16.9. The Balaban J connectivity index is 1.44. The molecule has 1 aromatic heterocycles. The van der Waals surface area contributed by atoms with Gasteiger partial charge in [0.15, 0.2) is 0 Å². The third-order valence-corrected chi connectivity index (χ3v) is 5.87. The van der Waals surface area contributed by atoms with Crippen LogP contribution in [0.15, 0.2) is 18.2 Å². The molecular weight excluding hydrogens is 338 g/mol. The highest BCUT2D eigenvalue weighted by Gasteiger charge is 2.21. The highest BCUT2D eigenvalue weighted by atomic mass is 16.2. The Morgan fingerprint density at radius 2 is 2.00 bits per heavy atom. The first-order valence-electron chi connectivity index (χ1n) is 10.0. The largest absolute Gasteiger partial charge is 0.371 e. The fourth-order valence-electron chi connectivity index (χ4n) is 4.25. The lowest BCUT2D eigenvalue weighted by molar-refractivity contribution is 0.220. The number of carbonyl (C=O) groups excluding carboxylic acids is 1. The molecule has 27 heavy (non-hydrogen) atoms. The zero-order valence-corrected chi connectivity index (χ0v) is 16.3. The van der Waals surface area contributed by atoms with Crippen LogP contribution in [-0.4, -0.2) is 41.3 Å². The minimum absolute atomic E-state index is 0.0933. The van der Waals surface area contributed by atoms with Crippen molar-refractivity contribution >= 4 is 17.4 Å².